The van der Waals surface area contributed by atoms with Crippen LogP contribution in [0.4, 0.5) is 0 Å². The number of rotatable bonds is 5. The molecule has 0 aliphatic rings. The van der Waals surface area contributed by atoms with Crippen LogP contribution in [0.2, 0.25) is 0 Å². The van der Waals surface area contributed by atoms with Crippen LogP contribution < -0.4 is 4.57 Å². The Kier molecular flexibility index (Phi) is 4.20. The predicted molar refractivity (Wildman–Crippen MR) is 62.5 cm³/mol. The number of nitrogens with zero attached hydrogens (tertiary/aromatic N) is 1. The maximum absolute atomic E-state index is 10.6. The molecule has 0 radical (unpaired) electrons. The average molecular weight is 242 g/mol. The first kappa shape index (κ1) is 12.9. The molecule has 0 amide bonds. The molecule has 1 N–H and O–H groups in total. The maximum atomic E-state index is 10.6. The van der Waals surface area contributed by atoms with E-state index in [4.69, 9.17) is 4.55 Å². The molecule has 1 atom stereocenters. The van der Waals surface area contributed by atoms with Crippen LogP contribution in [0.5, 0.6) is 0 Å². The number of aromatic nitrogens is 1. The summed E-state index contributed by atoms with van der Waals surface area (Å²) in [6.07, 6.45) is 3.95. The summed E-state index contributed by atoms with van der Waals surface area (Å²) in [6, 6.07) is 5.66. The second-order valence-electron chi connectivity index (χ2n) is 3.66. The van der Waals surface area contributed by atoms with Crippen molar-refractivity contribution in [3.05, 3.63) is 36.7 Å². The van der Waals surface area contributed by atoms with E-state index in [-0.39, 0.29) is 11.8 Å². The zero-order chi connectivity index (χ0) is 12.2. The normalized spacial score (nSPS) is 13.4. The van der Waals surface area contributed by atoms with Gasteiger partial charge in [0.25, 0.3) is 10.1 Å². The lowest BCUT2D eigenvalue weighted by atomic mass is 10.2. The Morgan fingerprint density at radius 1 is 1.56 bits per heavy atom. The zero-order valence-electron chi connectivity index (χ0n) is 9.20. The van der Waals surface area contributed by atoms with E-state index in [0.717, 1.165) is 5.69 Å². The second-order valence-corrected chi connectivity index (χ2v) is 5.23. The van der Waals surface area contributed by atoms with Gasteiger partial charge in [-0.25, -0.2) is 0 Å². The Hall–Kier alpha value is -1.20. The predicted octanol–water partition coefficient (Wildman–Crippen LogP) is 1.46. The molecule has 88 valence electrons. The Labute approximate surface area is 96.0 Å². The van der Waals surface area contributed by atoms with Crippen LogP contribution in [-0.4, -0.2) is 18.7 Å². The Bertz CT molecular complexity index is 468. The zero-order valence-corrected chi connectivity index (χ0v) is 10.0. The molecule has 4 nitrogen and oxygen atoms in total. The lowest BCUT2D eigenvalue weighted by Gasteiger charge is -2.08. The fourth-order valence-electron chi connectivity index (χ4n) is 1.50. The Morgan fingerprint density at radius 3 is 2.81 bits per heavy atom. The van der Waals surface area contributed by atoms with E-state index in [1.165, 1.54) is 0 Å². The van der Waals surface area contributed by atoms with Crippen LogP contribution in [-0.2, 0) is 10.1 Å². The smallest absolute Gasteiger partial charge is 0.265 e. The van der Waals surface area contributed by atoms with Crippen LogP contribution in [0.25, 0.3) is 6.08 Å². The van der Waals surface area contributed by atoms with Crippen molar-refractivity contribution in [2.75, 3.05) is 5.75 Å². The second kappa shape index (κ2) is 5.23. The minimum absolute atomic E-state index is 0.00359. The summed E-state index contributed by atoms with van der Waals surface area (Å²) >= 11 is 0. The fraction of sp³-hybridized carbons (Fsp3) is 0.364. The van der Waals surface area contributed by atoms with Gasteiger partial charge in [-0.2, -0.15) is 13.0 Å². The molecule has 0 aliphatic heterocycles. The van der Waals surface area contributed by atoms with E-state index < -0.39 is 10.1 Å². The van der Waals surface area contributed by atoms with Gasteiger partial charge < -0.3 is 0 Å². The summed E-state index contributed by atoms with van der Waals surface area (Å²) in [7, 11) is -3.89. The quantitative estimate of drug-likeness (QED) is 0.628. The first-order valence-electron chi connectivity index (χ1n) is 5.02. The van der Waals surface area contributed by atoms with Crippen LogP contribution in [0, 0.1) is 0 Å². The van der Waals surface area contributed by atoms with Gasteiger partial charge in [0.1, 0.15) is 0 Å². The Morgan fingerprint density at radius 2 is 2.25 bits per heavy atom. The van der Waals surface area contributed by atoms with Crippen molar-refractivity contribution >= 4 is 16.2 Å². The van der Waals surface area contributed by atoms with E-state index in [0.29, 0.717) is 6.42 Å². The summed E-state index contributed by atoms with van der Waals surface area (Å²) in [6.45, 7) is 5.60. The van der Waals surface area contributed by atoms with Gasteiger partial charge >= 0.3 is 0 Å². The first-order valence-corrected chi connectivity index (χ1v) is 6.62. The van der Waals surface area contributed by atoms with Crippen LogP contribution in [0.3, 0.4) is 0 Å². The Balaban J connectivity index is 2.80. The van der Waals surface area contributed by atoms with Gasteiger partial charge in [-0.3, -0.25) is 4.55 Å². The monoisotopic (exact) mass is 242 g/mol. The van der Waals surface area contributed by atoms with Gasteiger partial charge in [-0.1, -0.05) is 6.58 Å². The molecule has 1 heterocycles. The van der Waals surface area contributed by atoms with Crippen LogP contribution in [0.1, 0.15) is 25.1 Å². The lowest BCUT2D eigenvalue weighted by Crippen LogP contribution is -2.41. The summed E-state index contributed by atoms with van der Waals surface area (Å²) in [4.78, 5) is 0. The molecule has 0 aliphatic carbocycles. The van der Waals surface area contributed by atoms with E-state index in [2.05, 4.69) is 6.58 Å². The molecule has 0 saturated heterocycles. The lowest BCUT2D eigenvalue weighted by molar-refractivity contribution is -0.721. The highest BCUT2D eigenvalue weighted by Gasteiger charge is 2.18. The third-order valence-electron chi connectivity index (χ3n) is 2.40. The molecular formula is C11H16NO3S+. The highest BCUT2D eigenvalue weighted by molar-refractivity contribution is 7.85. The third kappa shape index (κ3) is 3.75. The number of hydrogen-bond donors (Lipinski definition) is 1. The third-order valence-corrected chi connectivity index (χ3v) is 3.15. The SMILES string of the molecule is C=Cc1cccc[n+]1C(C)CCS(=O)(=O)O. The average Bonchev–Trinajstić information content (AvgIpc) is 2.25. The summed E-state index contributed by atoms with van der Waals surface area (Å²) in [5.74, 6) is -0.230. The van der Waals surface area contributed by atoms with Crippen molar-refractivity contribution in [3.8, 4) is 0 Å². The fourth-order valence-corrected chi connectivity index (χ4v) is 2.14. The molecule has 0 spiro atoms. The molecule has 1 aromatic heterocycles. The van der Waals surface area contributed by atoms with Gasteiger partial charge in [0, 0.05) is 24.6 Å². The van der Waals surface area contributed by atoms with Gasteiger partial charge in [-0.15, -0.1) is 0 Å². The molecule has 5 heteroatoms. The van der Waals surface area contributed by atoms with Crippen LogP contribution in [0.15, 0.2) is 31.0 Å². The van der Waals surface area contributed by atoms with Crippen molar-refractivity contribution in [1.82, 2.24) is 0 Å². The molecule has 0 saturated carbocycles. The van der Waals surface area contributed by atoms with Gasteiger partial charge in [0.05, 0.1) is 5.75 Å². The highest BCUT2D eigenvalue weighted by atomic mass is 32.2. The van der Waals surface area contributed by atoms with Crippen molar-refractivity contribution in [3.63, 3.8) is 0 Å². The maximum Gasteiger partial charge on any atom is 0.265 e. The molecule has 1 unspecified atom stereocenters. The topological polar surface area (TPSA) is 58.2 Å². The molecule has 16 heavy (non-hydrogen) atoms. The van der Waals surface area contributed by atoms with E-state index in [1.54, 1.807) is 6.08 Å². The first-order chi connectivity index (χ1) is 7.44. The van der Waals surface area contributed by atoms with Crippen molar-refractivity contribution in [1.29, 1.82) is 0 Å². The van der Waals surface area contributed by atoms with Gasteiger partial charge in [0.15, 0.2) is 12.2 Å². The molecular weight excluding hydrogens is 226 g/mol. The standard InChI is InChI=1S/C11H15NO3S/c1-3-11-6-4-5-8-12(11)10(2)7-9-16(13,14)15/h3-6,8,10H,1,7,9H2,2H3/p+1. The number of pyridine rings is 1. The molecule has 1 aromatic rings. The largest absolute Gasteiger partial charge is 0.286 e. The van der Waals surface area contributed by atoms with Gasteiger partial charge in [0.2, 0.25) is 5.69 Å². The molecule has 0 bridgehead atoms. The summed E-state index contributed by atoms with van der Waals surface area (Å²) in [5.41, 5.74) is 0.922. The van der Waals surface area contributed by atoms with E-state index >= 15 is 0 Å². The minimum atomic E-state index is -3.89. The van der Waals surface area contributed by atoms with E-state index in [9.17, 15) is 8.42 Å². The van der Waals surface area contributed by atoms with Crippen molar-refractivity contribution < 1.29 is 17.5 Å². The molecule has 0 aromatic carbocycles. The van der Waals surface area contributed by atoms with E-state index in [1.807, 2.05) is 35.9 Å². The summed E-state index contributed by atoms with van der Waals surface area (Å²) in [5, 5.41) is 0. The molecule has 0 fully saturated rings. The minimum Gasteiger partial charge on any atom is -0.286 e. The molecule has 1 rings (SSSR count). The van der Waals surface area contributed by atoms with Gasteiger partial charge in [-0.05, 0) is 13.0 Å². The van der Waals surface area contributed by atoms with Crippen molar-refractivity contribution in [2.45, 2.75) is 19.4 Å². The van der Waals surface area contributed by atoms with Crippen molar-refractivity contribution in [2.24, 2.45) is 0 Å². The number of hydrogen-bond acceptors (Lipinski definition) is 2. The summed E-state index contributed by atoms with van der Waals surface area (Å²) < 4.78 is 31.9. The highest BCUT2D eigenvalue weighted by Crippen LogP contribution is 2.06. The van der Waals surface area contributed by atoms with Crippen LogP contribution >= 0.6 is 0 Å².